The van der Waals surface area contributed by atoms with Crippen LogP contribution in [-0.4, -0.2) is 40.9 Å². The molecule has 3 rings (SSSR count). The number of aromatic nitrogens is 2. The summed E-state index contributed by atoms with van der Waals surface area (Å²) >= 11 is 0. The van der Waals surface area contributed by atoms with Crippen molar-refractivity contribution in [3.63, 3.8) is 0 Å². The van der Waals surface area contributed by atoms with Crippen molar-refractivity contribution < 1.29 is 9.59 Å². The average molecular weight is 347 g/mol. The summed E-state index contributed by atoms with van der Waals surface area (Å²) in [5.41, 5.74) is -0.101. The Morgan fingerprint density at radius 3 is 2.84 bits per heavy atom. The third-order valence-corrected chi connectivity index (χ3v) is 4.98. The van der Waals surface area contributed by atoms with Gasteiger partial charge in [0.05, 0.1) is 11.5 Å². The maximum Gasteiger partial charge on any atom is 0.258 e. The highest BCUT2D eigenvalue weighted by Crippen LogP contribution is 2.30. The highest BCUT2D eigenvalue weighted by molar-refractivity contribution is 6.00. The number of carbonyl (C=O) groups excluding carboxylic acids is 2. The van der Waals surface area contributed by atoms with Crippen LogP contribution in [0.4, 0.5) is 11.8 Å². The van der Waals surface area contributed by atoms with E-state index in [0.29, 0.717) is 18.5 Å². The molecule has 2 atom stereocenters. The zero-order valence-electron chi connectivity index (χ0n) is 14.7. The fraction of sp³-hybridized carbons (Fsp3) is 0.647. The lowest BCUT2D eigenvalue weighted by Gasteiger charge is -2.36. The Kier molecular flexibility index (Phi) is 5.06. The zero-order valence-corrected chi connectivity index (χ0v) is 14.7. The van der Waals surface area contributed by atoms with Crippen LogP contribution in [0.25, 0.3) is 0 Å². The molecule has 2 aliphatic heterocycles. The summed E-state index contributed by atoms with van der Waals surface area (Å²) in [4.78, 5) is 46.4. The lowest BCUT2D eigenvalue weighted by Crippen LogP contribution is -2.43. The van der Waals surface area contributed by atoms with E-state index in [0.717, 1.165) is 25.8 Å². The van der Waals surface area contributed by atoms with Crippen LogP contribution in [-0.2, 0) is 9.59 Å². The molecular formula is C17H25N5O3. The van der Waals surface area contributed by atoms with Crippen LogP contribution < -0.4 is 21.1 Å². The minimum absolute atomic E-state index is 0.0375. The van der Waals surface area contributed by atoms with Crippen molar-refractivity contribution in [2.24, 2.45) is 0 Å². The van der Waals surface area contributed by atoms with Crippen LogP contribution in [0, 0.1) is 0 Å². The molecule has 136 valence electrons. The first kappa shape index (κ1) is 17.4. The molecule has 8 heteroatoms. The maximum absolute atomic E-state index is 12.7. The molecule has 3 N–H and O–H groups in total. The van der Waals surface area contributed by atoms with Gasteiger partial charge < -0.3 is 15.5 Å². The maximum atomic E-state index is 12.7. The Labute approximate surface area is 146 Å². The molecule has 1 fully saturated rings. The summed E-state index contributed by atoms with van der Waals surface area (Å²) in [6.07, 6.45) is 4.20. The Balaban J connectivity index is 2.00. The van der Waals surface area contributed by atoms with E-state index in [-0.39, 0.29) is 35.2 Å². The minimum Gasteiger partial charge on any atom is -0.356 e. The van der Waals surface area contributed by atoms with E-state index in [1.807, 2.05) is 0 Å². The van der Waals surface area contributed by atoms with Gasteiger partial charge in [0.2, 0.25) is 17.8 Å². The summed E-state index contributed by atoms with van der Waals surface area (Å²) < 4.78 is 0. The Bertz CT molecular complexity index is 729. The van der Waals surface area contributed by atoms with Crippen LogP contribution in [0.2, 0.25) is 0 Å². The topological polar surface area (TPSA) is 107 Å². The van der Waals surface area contributed by atoms with E-state index in [2.05, 4.69) is 32.4 Å². The van der Waals surface area contributed by atoms with E-state index in [4.69, 9.17) is 0 Å². The van der Waals surface area contributed by atoms with Gasteiger partial charge in [0, 0.05) is 25.6 Å². The first-order valence-corrected chi connectivity index (χ1v) is 9.03. The summed E-state index contributed by atoms with van der Waals surface area (Å²) in [6, 6.07) is 0.327. The molecule has 0 aromatic carbocycles. The van der Waals surface area contributed by atoms with Crippen molar-refractivity contribution in [2.45, 2.75) is 57.9 Å². The van der Waals surface area contributed by atoms with Gasteiger partial charge >= 0.3 is 0 Å². The Hall–Kier alpha value is -2.38. The lowest BCUT2D eigenvalue weighted by molar-refractivity contribution is -0.126. The van der Waals surface area contributed by atoms with Crippen LogP contribution in [0.5, 0.6) is 0 Å². The molecule has 2 amide bonds. The molecule has 0 bridgehead atoms. The van der Waals surface area contributed by atoms with Gasteiger partial charge in [-0.05, 0) is 32.6 Å². The minimum atomic E-state index is -0.794. The Morgan fingerprint density at radius 2 is 2.12 bits per heavy atom. The number of hydrogen-bond donors (Lipinski definition) is 3. The molecule has 1 saturated heterocycles. The molecule has 1 aromatic heterocycles. The number of H-pyrrole nitrogens is 1. The first-order chi connectivity index (χ1) is 12.0. The van der Waals surface area contributed by atoms with Crippen LogP contribution >= 0.6 is 0 Å². The summed E-state index contributed by atoms with van der Waals surface area (Å²) in [7, 11) is 0. The molecule has 0 saturated carbocycles. The molecule has 0 unspecified atom stereocenters. The van der Waals surface area contributed by atoms with E-state index in [1.54, 1.807) is 6.92 Å². The van der Waals surface area contributed by atoms with Gasteiger partial charge in [-0.3, -0.25) is 19.4 Å². The smallest absolute Gasteiger partial charge is 0.258 e. The SMILES string of the molecule is CCNC(=O)[C@H]1CC(=O)Nc2nc(N3CCCC[C@@H]3CC)[nH]c(=O)c21. The second kappa shape index (κ2) is 7.25. The molecule has 0 aliphatic carbocycles. The first-order valence-electron chi connectivity index (χ1n) is 9.03. The van der Waals surface area contributed by atoms with Crippen molar-refractivity contribution in [3.05, 3.63) is 15.9 Å². The monoisotopic (exact) mass is 347 g/mol. The average Bonchev–Trinajstić information content (AvgIpc) is 2.60. The van der Waals surface area contributed by atoms with Gasteiger partial charge in [0.25, 0.3) is 5.56 Å². The van der Waals surface area contributed by atoms with Gasteiger partial charge in [-0.25, -0.2) is 0 Å². The number of amides is 2. The van der Waals surface area contributed by atoms with Crippen LogP contribution in [0.15, 0.2) is 4.79 Å². The molecule has 3 heterocycles. The molecule has 0 radical (unpaired) electrons. The van der Waals surface area contributed by atoms with Crippen molar-refractivity contribution in [2.75, 3.05) is 23.3 Å². The van der Waals surface area contributed by atoms with Crippen molar-refractivity contribution in [1.29, 1.82) is 0 Å². The summed E-state index contributed by atoms with van der Waals surface area (Å²) in [5, 5.41) is 5.35. The quantitative estimate of drug-likeness (QED) is 0.756. The predicted octanol–water partition coefficient (Wildman–Crippen LogP) is 1.10. The third-order valence-electron chi connectivity index (χ3n) is 4.98. The van der Waals surface area contributed by atoms with Crippen molar-refractivity contribution in [1.82, 2.24) is 15.3 Å². The van der Waals surface area contributed by atoms with E-state index in [9.17, 15) is 14.4 Å². The summed E-state index contributed by atoms with van der Waals surface area (Å²) in [5.74, 6) is -0.710. The molecule has 8 nitrogen and oxygen atoms in total. The number of hydrogen-bond acceptors (Lipinski definition) is 5. The molecule has 1 aromatic rings. The summed E-state index contributed by atoms with van der Waals surface area (Å²) in [6.45, 7) is 5.19. The van der Waals surface area contributed by atoms with Gasteiger partial charge in [0.1, 0.15) is 5.82 Å². The number of aromatic amines is 1. The fourth-order valence-corrected chi connectivity index (χ4v) is 3.72. The Morgan fingerprint density at radius 1 is 1.32 bits per heavy atom. The van der Waals surface area contributed by atoms with Crippen molar-refractivity contribution >= 4 is 23.6 Å². The number of carbonyl (C=O) groups is 2. The zero-order chi connectivity index (χ0) is 18.0. The van der Waals surface area contributed by atoms with E-state index in [1.165, 1.54) is 6.42 Å². The number of nitrogens with one attached hydrogen (secondary N) is 3. The normalized spacial score (nSPS) is 23.0. The third kappa shape index (κ3) is 3.38. The van der Waals surface area contributed by atoms with E-state index < -0.39 is 5.92 Å². The van der Waals surface area contributed by atoms with Gasteiger partial charge in [0.15, 0.2) is 0 Å². The number of fused-ring (bicyclic) bond motifs is 1. The van der Waals surface area contributed by atoms with Crippen LogP contribution in [0.1, 0.15) is 57.4 Å². The fourth-order valence-electron chi connectivity index (χ4n) is 3.72. The van der Waals surface area contributed by atoms with E-state index >= 15 is 0 Å². The standard InChI is InChI=1S/C17H25N5O3/c1-3-10-7-5-6-8-22(10)17-20-14-13(16(25)21-17)11(9-12(23)19-14)15(24)18-4-2/h10-11H,3-9H2,1-2H3,(H,18,24)(H2,19,20,21,23,25)/t10-,11-/m0/s1. The van der Waals surface area contributed by atoms with Gasteiger partial charge in [-0.1, -0.05) is 6.92 Å². The second-order valence-electron chi connectivity index (χ2n) is 6.60. The predicted molar refractivity (Wildman–Crippen MR) is 94.8 cm³/mol. The van der Waals surface area contributed by atoms with Gasteiger partial charge in [-0.2, -0.15) is 4.98 Å². The molecule has 25 heavy (non-hydrogen) atoms. The molecular weight excluding hydrogens is 322 g/mol. The number of piperidine rings is 1. The molecule has 0 spiro atoms. The van der Waals surface area contributed by atoms with Crippen molar-refractivity contribution in [3.8, 4) is 0 Å². The lowest BCUT2D eigenvalue weighted by atomic mass is 9.92. The number of rotatable bonds is 4. The van der Waals surface area contributed by atoms with Crippen LogP contribution in [0.3, 0.4) is 0 Å². The van der Waals surface area contributed by atoms with Gasteiger partial charge in [-0.15, -0.1) is 0 Å². The molecule has 2 aliphatic rings. The highest BCUT2D eigenvalue weighted by Gasteiger charge is 2.35. The number of likely N-dealkylation sites (N-methyl/N-ethyl adjacent to an activating group) is 1. The largest absolute Gasteiger partial charge is 0.356 e. The number of anilines is 2. The number of nitrogens with zero attached hydrogens (tertiary/aromatic N) is 2. The highest BCUT2D eigenvalue weighted by atomic mass is 16.2. The second-order valence-corrected chi connectivity index (χ2v) is 6.60.